The van der Waals surface area contributed by atoms with Crippen LogP contribution in [-0.4, -0.2) is 44.2 Å². The van der Waals surface area contributed by atoms with E-state index in [4.69, 9.17) is 9.47 Å². The lowest BCUT2D eigenvalue weighted by atomic mass is 10.2. The lowest BCUT2D eigenvalue weighted by Crippen LogP contribution is -2.35. The minimum absolute atomic E-state index is 0.135. The molecule has 0 spiro atoms. The summed E-state index contributed by atoms with van der Waals surface area (Å²) in [5.74, 6) is 0.0408. The highest BCUT2D eigenvalue weighted by molar-refractivity contribution is 6.07. The number of aliphatic imine (C=N–C) groups is 1. The molecule has 0 aromatic heterocycles. The first-order valence-electron chi connectivity index (χ1n) is 8.93. The second kappa shape index (κ2) is 9.50. The van der Waals surface area contributed by atoms with Crippen molar-refractivity contribution in [3.8, 4) is 11.5 Å². The van der Waals surface area contributed by atoms with Gasteiger partial charge in [0.1, 0.15) is 11.9 Å². The summed E-state index contributed by atoms with van der Waals surface area (Å²) in [6, 6.07) is 9.70. The molecule has 0 bridgehead atoms. The van der Waals surface area contributed by atoms with Crippen LogP contribution < -0.4 is 25.5 Å². The van der Waals surface area contributed by atoms with Crippen molar-refractivity contribution in [3.63, 3.8) is 0 Å². The van der Waals surface area contributed by atoms with Crippen LogP contribution in [0, 0.1) is 5.82 Å². The van der Waals surface area contributed by atoms with E-state index in [9.17, 15) is 14.0 Å². The predicted octanol–water partition coefficient (Wildman–Crippen LogP) is 1.65. The zero-order chi connectivity index (χ0) is 21.5. The Hall–Kier alpha value is -3.95. The highest BCUT2D eigenvalue weighted by atomic mass is 19.1. The van der Waals surface area contributed by atoms with Gasteiger partial charge in [0.2, 0.25) is 11.9 Å². The molecule has 3 N–H and O–H groups in total. The molecule has 0 saturated heterocycles. The fraction of sp³-hybridized carbons (Fsp3) is 0.200. The van der Waals surface area contributed by atoms with Gasteiger partial charge in [0.25, 0.3) is 5.91 Å². The number of nitrogens with zero attached hydrogens (tertiary/aromatic N) is 2. The molecule has 2 aromatic carbocycles. The van der Waals surface area contributed by atoms with Crippen molar-refractivity contribution in [2.24, 2.45) is 10.1 Å². The number of guanidine groups is 1. The summed E-state index contributed by atoms with van der Waals surface area (Å²) in [6.07, 6.45) is 1.36. The van der Waals surface area contributed by atoms with Gasteiger partial charge < -0.3 is 14.8 Å². The van der Waals surface area contributed by atoms with E-state index in [0.717, 1.165) is 5.56 Å². The third kappa shape index (κ3) is 5.31. The molecule has 0 fully saturated rings. The standard InChI is InChI=1S/C20H20FN5O4/c1-29-16-8-3-12(9-17(16)30-2)11-22-26-20-24-15(19(28)25-20)10-18(27)23-14-6-4-13(21)5-7-14/h3-9,11,15H,10H2,1-2H3,(H,23,27)(H2,24,25,26,28)/b22-11+. The van der Waals surface area contributed by atoms with E-state index in [0.29, 0.717) is 17.2 Å². The van der Waals surface area contributed by atoms with E-state index in [2.05, 4.69) is 26.2 Å². The largest absolute Gasteiger partial charge is 0.493 e. The summed E-state index contributed by atoms with van der Waals surface area (Å²) in [6.45, 7) is 0. The predicted molar refractivity (Wildman–Crippen MR) is 109 cm³/mol. The number of halogens is 1. The smallest absolute Gasteiger partial charge is 0.252 e. The van der Waals surface area contributed by atoms with Crippen LogP contribution in [-0.2, 0) is 9.59 Å². The van der Waals surface area contributed by atoms with E-state index >= 15 is 0 Å². The first kappa shape index (κ1) is 20.8. The van der Waals surface area contributed by atoms with Gasteiger partial charge in [-0.15, -0.1) is 0 Å². The molecule has 2 amide bonds. The Morgan fingerprint density at radius 3 is 2.63 bits per heavy atom. The van der Waals surface area contributed by atoms with Gasteiger partial charge >= 0.3 is 0 Å². The minimum Gasteiger partial charge on any atom is -0.493 e. The van der Waals surface area contributed by atoms with Crippen molar-refractivity contribution in [1.29, 1.82) is 0 Å². The zero-order valence-electron chi connectivity index (χ0n) is 16.3. The number of rotatable bonds is 7. The molecule has 1 unspecified atom stereocenters. The molecule has 9 nitrogen and oxygen atoms in total. The molecule has 1 heterocycles. The van der Waals surface area contributed by atoms with Crippen molar-refractivity contribution in [3.05, 3.63) is 53.8 Å². The lowest BCUT2D eigenvalue weighted by molar-refractivity contribution is -0.123. The molecule has 0 aliphatic carbocycles. The quantitative estimate of drug-likeness (QED) is 0.472. The fourth-order valence-corrected chi connectivity index (χ4v) is 2.66. The molecule has 10 heteroatoms. The van der Waals surface area contributed by atoms with E-state index in [1.54, 1.807) is 25.3 Å². The minimum atomic E-state index is -0.885. The molecule has 2 aromatic rings. The topological polar surface area (TPSA) is 113 Å². The average molecular weight is 413 g/mol. The van der Waals surface area contributed by atoms with Crippen molar-refractivity contribution < 1.29 is 23.5 Å². The highest BCUT2D eigenvalue weighted by Crippen LogP contribution is 2.26. The van der Waals surface area contributed by atoms with Gasteiger partial charge in [-0.2, -0.15) is 5.10 Å². The van der Waals surface area contributed by atoms with E-state index in [-0.39, 0.29) is 12.4 Å². The monoisotopic (exact) mass is 413 g/mol. The molecule has 1 aliphatic rings. The third-order valence-electron chi connectivity index (χ3n) is 4.13. The number of carbonyl (C=O) groups is 2. The SMILES string of the molecule is COc1ccc(/C=N/NC2=NC(CC(=O)Nc3ccc(F)cc3)C(=O)N2)cc1OC. The number of carbonyl (C=O) groups excluding carboxylic acids is 2. The maximum Gasteiger partial charge on any atom is 0.252 e. The molecule has 156 valence electrons. The van der Waals surface area contributed by atoms with Crippen LogP contribution in [0.1, 0.15) is 12.0 Å². The maximum absolute atomic E-state index is 12.9. The lowest BCUT2D eigenvalue weighted by Gasteiger charge is -2.07. The Labute approximate surface area is 172 Å². The molecular formula is C20H20FN5O4. The van der Waals surface area contributed by atoms with Crippen LogP contribution in [0.3, 0.4) is 0 Å². The number of nitrogens with one attached hydrogen (secondary N) is 3. The molecule has 0 radical (unpaired) electrons. The van der Waals surface area contributed by atoms with Crippen LogP contribution in [0.15, 0.2) is 52.6 Å². The Morgan fingerprint density at radius 2 is 1.93 bits per heavy atom. The van der Waals surface area contributed by atoms with Crippen LogP contribution in [0.4, 0.5) is 10.1 Å². The van der Waals surface area contributed by atoms with Crippen LogP contribution >= 0.6 is 0 Å². The van der Waals surface area contributed by atoms with Gasteiger partial charge in [-0.05, 0) is 48.0 Å². The second-order valence-corrected chi connectivity index (χ2v) is 6.23. The summed E-state index contributed by atoms with van der Waals surface area (Å²) >= 11 is 0. The van der Waals surface area contributed by atoms with Gasteiger partial charge in [0, 0.05) is 5.69 Å². The summed E-state index contributed by atoms with van der Waals surface area (Å²) in [5, 5.41) is 9.13. The van der Waals surface area contributed by atoms with Crippen molar-refractivity contribution in [2.75, 3.05) is 19.5 Å². The molecule has 1 atom stereocenters. The number of hydrogen-bond acceptors (Lipinski definition) is 7. The first-order chi connectivity index (χ1) is 14.5. The van der Waals surface area contributed by atoms with Crippen LogP contribution in [0.25, 0.3) is 0 Å². The second-order valence-electron chi connectivity index (χ2n) is 6.23. The number of amides is 2. The number of benzene rings is 2. The van der Waals surface area contributed by atoms with E-state index < -0.39 is 23.7 Å². The normalized spacial score (nSPS) is 15.5. The number of ether oxygens (including phenoxy) is 2. The number of hydrogen-bond donors (Lipinski definition) is 3. The zero-order valence-corrected chi connectivity index (χ0v) is 16.3. The Morgan fingerprint density at radius 1 is 1.20 bits per heavy atom. The van der Waals surface area contributed by atoms with Gasteiger partial charge in [0.05, 0.1) is 26.9 Å². The highest BCUT2D eigenvalue weighted by Gasteiger charge is 2.28. The Balaban J connectivity index is 1.55. The van der Waals surface area contributed by atoms with E-state index in [1.165, 1.54) is 37.6 Å². The van der Waals surface area contributed by atoms with E-state index in [1.807, 2.05) is 0 Å². The van der Waals surface area contributed by atoms with Gasteiger partial charge in [-0.1, -0.05) is 0 Å². The van der Waals surface area contributed by atoms with Gasteiger partial charge in [-0.25, -0.2) is 14.8 Å². The maximum atomic E-state index is 12.9. The summed E-state index contributed by atoms with van der Waals surface area (Å²) < 4.78 is 23.3. The molecule has 3 rings (SSSR count). The first-order valence-corrected chi connectivity index (χ1v) is 8.93. The summed E-state index contributed by atoms with van der Waals surface area (Å²) in [7, 11) is 3.08. The summed E-state index contributed by atoms with van der Waals surface area (Å²) in [4.78, 5) is 28.2. The summed E-state index contributed by atoms with van der Waals surface area (Å²) in [5.41, 5.74) is 3.80. The van der Waals surface area contributed by atoms with Crippen molar-refractivity contribution in [1.82, 2.24) is 10.7 Å². The number of methoxy groups -OCH3 is 2. The number of anilines is 1. The van der Waals surface area contributed by atoms with Gasteiger partial charge in [0.15, 0.2) is 11.5 Å². The molecule has 0 saturated carbocycles. The third-order valence-corrected chi connectivity index (χ3v) is 4.13. The Kier molecular flexibility index (Phi) is 6.58. The van der Waals surface area contributed by atoms with Crippen molar-refractivity contribution in [2.45, 2.75) is 12.5 Å². The fourth-order valence-electron chi connectivity index (χ4n) is 2.66. The molecular weight excluding hydrogens is 393 g/mol. The number of hydrazone groups is 1. The Bertz CT molecular complexity index is 991. The molecule has 1 aliphatic heterocycles. The van der Waals surface area contributed by atoms with Crippen molar-refractivity contribution >= 4 is 29.7 Å². The van der Waals surface area contributed by atoms with Gasteiger partial charge in [-0.3, -0.25) is 14.9 Å². The molecule has 30 heavy (non-hydrogen) atoms. The van der Waals surface area contributed by atoms with Crippen LogP contribution in [0.5, 0.6) is 11.5 Å². The average Bonchev–Trinajstić information content (AvgIpc) is 3.08. The van der Waals surface area contributed by atoms with Crippen LogP contribution in [0.2, 0.25) is 0 Å².